The van der Waals surface area contributed by atoms with E-state index in [1.54, 1.807) is 42.4 Å². The number of fused-ring (bicyclic) bond motifs is 1. The molecule has 1 saturated heterocycles. The van der Waals surface area contributed by atoms with Crippen molar-refractivity contribution in [3.8, 4) is 11.1 Å². The fourth-order valence-electron chi connectivity index (χ4n) is 8.09. The van der Waals surface area contributed by atoms with Gasteiger partial charge in [0.25, 0.3) is 15.9 Å². The van der Waals surface area contributed by atoms with Gasteiger partial charge in [-0.25, -0.2) is 23.1 Å². The number of carbonyl (C=O) groups is 2. The Morgan fingerprint density at radius 2 is 1.63 bits per heavy atom. The number of anilines is 5. The number of amides is 1. The van der Waals surface area contributed by atoms with E-state index in [1.165, 1.54) is 36.3 Å². The molecule has 0 atom stereocenters. The Balaban J connectivity index is 1.03. The lowest BCUT2D eigenvalue weighted by molar-refractivity contribution is -0.160. The van der Waals surface area contributed by atoms with Gasteiger partial charge in [0, 0.05) is 49.2 Å². The number of thiazole rings is 1. The number of sulfonamides is 1. The molecular formula is C45H52N10O5S2. The summed E-state index contributed by atoms with van der Waals surface area (Å²) in [4.78, 5) is 40.1. The van der Waals surface area contributed by atoms with Crippen LogP contribution in [0.2, 0.25) is 0 Å². The van der Waals surface area contributed by atoms with E-state index in [2.05, 4.69) is 30.1 Å². The monoisotopic (exact) mass is 876 g/mol. The van der Waals surface area contributed by atoms with Crippen LogP contribution in [0.3, 0.4) is 0 Å². The van der Waals surface area contributed by atoms with Crippen molar-refractivity contribution in [3.05, 3.63) is 89.9 Å². The molecule has 1 aliphatic heterocycles. The Hall–Kier alpha value is -5.94. The molecule has 8 rings (SSSR count). The molecule has 15 nitrogen and oxygen atoms in total. The number of aryl methyl sites for hydroxylation is 1. The highest BCUT2D eigenvalue weighted by Crippen LogP contribution is 2.34. The van der Waals surface area contributed by atoms with E-state index >= 15 is 0 Å². The normalized spacial score (nSPS) is 15.2. The molecule has 324 valence electrons. The summed E-state index contributed by atoms with van der Waals surface area (Å²) in [5, 5.41) is 17.6. The van der Waals surface area contributed by atoms with Gasteiger partial charge >= 0.3 is 5.97 Å². The Morgan fingerprint density at radius 1 is 0.903 bits per heavy atom. The minimum absolute atomic E-state index is 0.0704. The zero-order valence-electron chi connectivity index (χ0n) is 35.9. The molecule has 1 saturated carbocycles. The molecule has 5 heterocycles. The van der Waals surface area contributed by atoms with Gasteiger partial charge in [0.15, 0.2) is 16.8 Å². The first kappa shape index (κ1) is 42.7. The fourth-order valence-corrected chi connectivity index (χ4v) is 9.90. The lowest BCUT2D eigenvalue weighted by Crippen LogP contribution is -2.38. The Kier molecular flexibility index (Phi) is 12.0. The summed E-state index contributed by atoms with van der Waals surface area (Å²) in [5.41, 5.74) is 3.90. The third-order valence-electron chi connectivity index (χ3n) is 11.5. The number of aromatic nitrogens is 6. The number of pyridine rings is 1. The number of rotatable bonds is 12. The number of piperidine rings is 1. The molecule has 1 amide bonds. The first-order chi connectivity index (χ1) is 29.6. The van der Waals surface area contributed by atoms with Crippen LogP contribution < -0.4 is 19.8 Å². The maximum atomic E-state index is 14.3. The topological polar surface area (TPSA) is 177 Å². The van der Waals surface area contributed by atoms with Crippen LogP contribution in [0.25, 0.3) is 21.3 Å². The second-order valence-corrected chi connectivity index (χ2v) is 19.9. The molecule has 0 bridgehead atoms. The van der Waals surface area contributed by atoms with Crippen molar-refractivity contribution in [1.82, 2.24) is 34.7 Å². The standard InChI is InChI=1S/C45H52N10O5S2/c1-28-25-39(50-51-41(28)49-44-47-36-13-9-10-14-37(36)61-44)53(6)38-20-19-34(35-26-46-55(29(35)2)27-30-11-7-8-12-30)40(48-38)42(56)52-62(58,59)33-17-15-32(16-18-33)54-23-21-31(22-24-54)43(57)60-45(3,4)5/h9-10,13-20,25-26,30-31H,7-8,11-12,21-24,27H2,1-6H3,(H,52,56)(H,47,49,51). The molecule has 2 aromatic carbocycles. The van der Waals surface area contributed by atoms with E-state index in [4.69, 9.17) is 14.8 Å². The van der Waals surface area contributed by atoms with Gasteiger partial charge in [0.1, 0.15) is 17.1 Å². The SMILES string of the molecule is Cc1cc(N(C)c2ccc(-c3cnn(CC4CCCC4)c3C)c(C(=O)NS(=O)(=O)c3ccc(N4CCC(C(=O)OC(C)(C)C)CC4)cc3)n2)nnc1Nc1nc2ccccc2s1. The molecule has 2 N–H and O–H groups in total. The van der Waals surface area contributed by atoms with Crippen molar-refractivity contribution in [2.24, 2.45) is 11.8 Å². The van der Waals surface area contributed by atoms with Gasteiger partial charge in [0.05, 0.1) is 27.2 Å². The lowest BCUT2D eigenvalue weighted by atomic mass is 9.96. The van der Waals surface area contributed by atoms with Crippen LogP contribution in [-0.2, 0) is 26.1 Å². The van der Waals surface area contributed by atoms with Crippen molar-refractivity contribution >= 4 is 71.7 Å². The summed E-state index contributed by atoms with van der Waals surface area (Å²) in [6, 6.07) is 19.7. The number of ether oxygens (including phenoxy) is 1. The van der Waals surface area contributed by atoms with E-state index in [-0.39, 0.29) is 22.5 Å². The average Bonchev–Trinajstić information content (AvgIpc) is 4.01. The maximum Gasteiger partial charge on any atom is 0.309 e. The number of hydrogen-bond donors (Lipinski definition) is 2. The van der Waals surface area contributed by atoms with Crippen LogP contribution in [0.5, 0.6) is 0 Å². The van der Waals surface area contributed by atoms with Crippen molar-refractivity contribution in [2.45, 2.75) is 90.2 Å². The number of hydrogen-bond acceptors (Lipinski definition) is 14. The molecule has 0 unspecified atom stereocenters. The fraction of sp³-hybridized carbons (Fsp3) is 0.400. The van der Waals surface area contributed by atoms with Gasteiger partial charge in [0.2, 0.25) is 0 Å². The molecule has 1 aliphatic carbocycles. The Morgan fingerprint density at radius 3 is 2.32 bits per heavy atom. The summed E-state index contributed by atoms with van der Waals surface area (Å²) in [7, 11) is -2.57. The Labute approximate surface area is 366 Å². The minimum Gasteiger partial charge on any atom is -0.460 e. The third kappa shape index (κ3) is 9.43. The van der Waals surface area contributed by atoms with Crippen molar-refractivity contribution in [2.75, 3.05) is 35.3 Å². The highest BCUT2D eigenvalue weighted by molar-refractivity contribution is 7.90. The van der Waals surface area contributed by atoms with Crippen LogP contribution in [-0.4, -0.2) is 76.0 Å². The number of para-hydroxylation sites is 1. The number of carbonyl (C=O) groups excluding carboxylic acids is 2. The molecule has 2 aliphatic rings. The zero-order chi connectivity index (χ0) is 43.8. The lowest BCUT2D eigenvalue weighted by Gasteiger charge is -2.34. The van der Waals surface area contributed by atoms with Gasteiger partial charge in [-0.3, -0.25) is 14.3 Å². The predicted octanol–water partition coefficient (Wildman–Crippen LogP) is 8.34. The van der Waals surface area contributed by atoms with Crippen LogP contribution in [0.1, 0.15) is 81.0 Å². The largest absolute Gasteiger partial charge is 0.460 e. The van der Waals surface area contributed by atoms with Crippen molar-refractivity contribution < 1.29 is 22.7 Å². The van der Waals surface area contributed by atoms with Crippen LogP contribution in [0.4, 0.5) is 28.3 Å². The summed E-state index contributed by atoms with van der Waals surface area (Å²) in [5.74, 6) is 0.646. The molecule has 6 aromatic rings. The van der Waals surface area contributed by atoms with E-state index in [0.29, 0.717) is 65.6 Å². The smallest absolute Gasteiger partial charge is 0.309 e. The molecule has 62 heavy (non-hydrogen) atoms. The van der Waals surface area contributed by atoms with Gasteiger partial charge in [-0.1, -0.05) is 36.3 Å². The second-order valence-electron chi connectivity index (χ2n) is 17.2. The van der Waals surface area contributed by atoms with E-state index in [9.17, 15) is 18.0 Å². The highest BCUT2D eigenvalue weighted by atomic mass is 32.2. The number of nitrogens with one attached hydrogen (secondary N) is 2. The molecule has 2 fully saturated rings. The van der Waals surface area contributed by atoms with Gasteiger partial charge < -0.3 is 19.9 Å². The third-order valence-corrected chi connectivity index (χ3v) is 13.8. The Bertz CT molecular complexity index is 2680. The van der Waals surface area contributed by atoms with Gasteiger partial charge in [-0.15, -0.1) is 10.2 Å². The minimum atomic E-state index is -4.33. The van der Waals surface area contributed by atoms with Crippen molar-refractivity contribution in [3.63, 3.8) is 0 Å². The number of esters is 1. The molecular weight excluding hydrogens is 825 g/mol. The van der Waals surface area contributed by atoms with Crippen LogP contribution >= 0.6 is 11.3 Å². The first-order valence-electron chi connectivity index (χ1n) is 21.0. The highest BCUT2D eigenvalue weighted by Gasteiger charge is 2.30. The van der Waals surface area contributed by atoms with Crippen LogP contribution in [0, 0.1) is 25.7 Å². The summed E-state index contributed by atoms with van der Waals surface area (Å²) < 4.78 is 38.6. The summed E-state index contributed by atoms with van der Waals surface area (Å²) in [6.07, 6.45) is 7.70. The van der Waals surface area contributed by atoms with E-state index in [1.807, 2.05) is 69.6 Å². The molecule has 4 aromatic heterocycles. The van der Waals surface area contributed by atoms with Crippen molar-refractivity contribution in [1.29, 1.82) is 0 Å². The van der Waals surface area contributed by atoms with Gasteiger partial charge in [-0.2, -0.15) is 5.10 Å². The summed E-state index contributed by atoms with van der Waals surface area (Å²) >= 11 is 1.52. The molecule has 17 heteroatoms. The predicted molar refractivity (Wildman–Crippen MR) is 242 cm³/mol. The van der Waals surface area contributed by atoms with E-state index in [0.717, 1.165) is 46.5 Å². The van der Waals surface area contributed by atoms with E-state index < -0.39 is 21.5 Å². The first-order valence-corrected chi connectivity index (χ1v) is 23.3. The number of nitrogens with zero attached hydrogens (tertiary/aromatic N) is 8. The zero-order valence-corrected chi connectivity index (χ0v) is 37.5. The van der Waals surface area contributed by atoms with Gasteiger partial charge in [-0.05, 0) is 126 Å². The van der Waals surface area contributed by atoms with Crippen LogP contribution in [0.15, 0.2) is 77.8 Å². The quantitative estimate of drug-likeness (QED) is 0.112. The maximum absolute atomic E-state index is 14.3. The summed E-state index contributed by atoms with van der Waals surface area (Å²) in [6.45, 7) is 11.5. The second kappa shape index (κ2) is 17.4. The average molecular weight is 877 g/mol. The molecule has 0 radical (unpaired) electrons. The number of benzene rings is 2. The molecule has 0 spiro atoms.